The smallest absolute Gasteiger partial charge is 0.338 e. The van der Waals surface area contributed by atoms with E-state index in [1.165, 1.54) is 20.3 Å². The number of methoxy groups -OCH3 is 2. The monoisotopic (exact) mass is 457 g/mol. The molecule has 0 saturated heterocycles. The van der Waals surface area contributed by atoms with Gasteiger partial charge in [-0.05, 0) is 55.3 Å². The van der Waals surface area contributed by atoms with E-state index in [1.54, 1.807) is 38.1 Å². The van der Waals surface area contributed by atoms with Crippen molar-refractivity contribution >= 4 is 23.4 Å². The third kappa shape index (κ3) is 4.81. The predicted molar refractivity (Wildman–Crippen MR) is 117 cm³/mol. The average Bonchev–Trinajstić information content (AvgIpc) is 2.78. The van der Waals surface area contributed by atoms with E-state index in [9.17, 15) is 24.8 Å². The molecule has 11 heteroatoms. The summed E-state index contributed by atoms with van der Waals surface area (Å²) in [4.78, 5) is 36.4. The van der Waals surface area contributed by atoms with Crippen LogP contribution in [0.15, 0.2) is 42.0 Å². The molecule has 33 heavy (non-hydrogen) atoms. The van der Waals surface area contributed by atoms with E-state index in [2.05, 4.69) is 10.6 Å². The maximum Gasteiger partial charge on any atom is 0.338 e. The number of urea groups is 1. The first-order valence-electron chi connectivity index (χ1n) is 9.88. The molecule has 0 bridgehead atoms. The Morgan fingerprint density at radius 3 is 2.36 bits per heavy atom. The van der Waals surface area contributed by atoms with Gasteiger partial charge < -0.3 is 30.0 Å². The first kappa shape index (κ1) is 23.4. The van der Waals surface area contributed by atoms with Crippen LogP contribution in [0.5, 0.6) is 17.2 Å². The summed E-state index contributed by atoms with van der Waals surface area (Å²) in [5, 5.41) is 26.8. The Kier molecular flexibility index (Phi) is 6.71. The fourth-order valence-electron chi connectivity index (χ4n) is 3.37. The quantitative estimate of drug-likeness (QED) is 0.326. The van der Waals surface area contributed by atoms with Gasteiger partial charge in [-0.15, -0.1) is 0 Å². The first-order valence-corrected chi connectivity index (χ1v) is 9.88. The van der Waals surface area contributed by atoms with Crippen molar-refractivity contribution in [3.05, 3.63) is 63.2 Å². The van der Waals surface area contributed by atoms with E-state index in [4.69, 9.17) is 14.2 Å². The highest BCUT2D eigenvalue weighted by atomic mass is 16.6. The summed E-state index contributed by atoms with van der Waals surface area (Å²) in [6.07, 6.45) is -0.468. The standard InChI is InChI=1S/C22H23N3O8/c1-11(2)33-21(27)17-18(12-5-7-14(31-3)8-6-12)23-22(28)24-19(17)13-9-15(25(29)30)20(26)16(10-13)32-4/h5-11,19,26H,1-4H3,(H2,23,24,28). The Bertz CT molecular complexity index is 1130. The van der Waals surface area contributed by atoms with Crippen molar-refractivity contribution < 1.29 is 33.8 Å². The van der Waals surface area contributed by atoms with Crippen molar-refractivity contribution in [1.82, 2.24) is 10.6 Å². The second-order valence-corrected chi connectivity index (χ2v) is 7.35. The maximum atomic E-state index is 13.1. The highest BCUT2D eigenvalue weighted by Gasteiger charge is 2.36. The molecular weight excluding hydrogens is 434 g/mol. The van der Waals surface area contributed by atoms with E-state index >= 15 is 0 Å². The molecular formula is C22H23N3O8. The molecule has 3 rings (SSSR count). The molecule has 0 fully saturated rings. The third-order valence-electron chi connectivity index (χ3n) is 4.84. The van der Waals surface area contributed by atoms with E-state index in [-0.39, 0.29) is 22.6 Å². The number of phenols is 1. The number of benzene rings is 2. The fourth-order valence-corrected chi connectivity index (χ4v) is 3.37. The number of aromatic hydroxyl groups is 1. The minimum atomic E-state index is -1.13. The van der Waals surface area contributed by atoms with Gasteiger partial charge in [0.25, 0.3) is 0 Å². The minimum Gasteiger partial charge on any atom is -0.500 e. The van der Waals surface area contributed by atoms with Gasteiger partial charge in [0, 0.05) is 6.07 Å². The lowest BCUT2D eigenvalue weighted by Crippen LogP contribution is -2.45. The Balaban J connectivity index is 2.26. The Hall–Kier alpha value is -4.28. The number of carbonyl (C=O) groups is 2. The fraction of sp³-hybridized carbons (Fsp3) is 0.273. The number of hydrogen-bond donors (Lipinski definition) is 3. The third-order valence-corrected chi connectivity index (χ3v) is 4.84. The summed E-state index contributed by atoms with van der Waals surface area (Å²) in [6.45, 7) is 3.34. The summed E-state index contributed by atoms with van der Waals surface area (Å²) in [5.41, 5.74) is 0.196. The zero-order chi connectivity index (χ0) is 24.3. The van der Waals surface area contributed by atoms with Crippen molar-refractivity contribution in [2.24, 2.45) is 0 Å². The molecule has 2 aromatic carbocycles. The SMILES string of the molecule is COc1ccc(C2=C(C(=O)OC(C)C)C(c3cc(OC)c(O)c([N+](=O)[O-])c3)NC(=O)N2)cc1. The van der Waals surface area contributed by atoms with Crippen LogP contribution < -0.4 is 20.1 Å². The van der Waals surface area contributed by atoms with Gasteiger partial charge in [-0.1, -0.05) is 0 Å². The number of ether oxygens (including phenoxy) is 3. The summed E-state index contributed by atoms with van der Waals surface area (Å²) >= 11 is 0. The first-order chi connectivity index (χ1) is 15.7. The molecule has 1 unspecified atom stereocenters. The van der Waals surface area contributed by atoms with Crippen LogP contribution in [-0.4, -0.2) is 42.4 Å². The van der Waals surface area contributed by atoms with E-state index in [0.717, 1.165) is 6.07 Å². The number of esters is 1. The molecule has 1 atom stereocenters. The second-order valence-electron chi connectivity index (χ2n) is 7.35. The van der Waals surface area contributed by atoms with Gasteiger partial charge in [-0.2, -0.15) is 0 Å². The number of amides is 2. The van der Waals surface area contributed by atoms with Crippen molar-refractivity contribution in [3.63, 3.8) is 0 Å². The van der Waals surface area contributed by atoms with Crippen LogP contribution in [0.1, 0.15) is 31.0 Å². The number of rotatable bonds is 7. The molecule has 1 aliphatic rings. The molecule has 0 radical (unpaired) electrons. The number of nitrogens with zero attached hydrogens (tertiary/aromatic N) is 1. The molecule has 0 saturated carbocycles. The maximum absolute atomic E-state index is 13.1. The van der Waals surface area contributed by atoms with Crippen molar-refractivity contribution in [2.45, 2.75) is 26.0 Å². The van der Waals surface area contributed by atoms with Crippen LogP contribution in [0.25, 0.3) is 5.70 Å². The number of hydrogen-bond acceptors (Lipinski definition) is 8. The summed E-state index contributed by atoms with van der Waals surface area (Å²) in [7, 11) is 2.74. The molecule has 0 aliphatic carbocycles. The van der Waals surface area contributed by atoms with Crippen LogP contribution >= 0.6 is 0 Å². The Morgan fingerprint density at radius 2 is 1.82 bits per heavy atom. The number of carbonyl (C=O) groups excluding carboxylic acids is 2. The number of nitrogens with one attached hydrogen (secondary N) is 2. The van der Waals surface area contributed by atoms with Crippen LogP contribution in [0, 0.1) is 10.1 Å². The Labute approximate surface area is 189 Å². The number of phenolic OH excluding ortho intramolecular Hbond substituents is 1. The Morgan fingerprint density at radius 1 is 1.15 bits per heavy atom. The lowest BCUT2D eigenvalue weighted by atomic mass is 9.92. The normalized spacial score (nSPS) is 15.5. The summed E-state index contributed by atoms with van der Waals surface area (Å²) in [6, 6.07) is 7.24. The summed E-state index contributed by atoms with van der Waals surface area (Å²) < 4.78 is 15.6. The van der Waals surface area contributed by atoms with Crippen LogP contribution in [-0.2, 0) is 9.53 Å². The van der Waals surface area contributed by atoms with Gasteiger partial charge in [0.1, 0.15) is 5.75 Å². The van der Waals surface area contributed by atoms with Crippen LogP contribution in [0.4, 0.5) is 10.5 Å². The van der Waals surface area contributed by atoms with Gasteiger partial charge in [-0.3, -0.25) is 10.1 Å². The molecule has 0 aromatic heterocycles. The van der Waals surface area contributed by atoms with Crippen molar-refractivity contribution in [1.29, 1.82) is 0 Å². The number of nitro benzene ring substituents is 1. The largest absolute Gasteiger partial charge is 0.500 e. The van der Waals surface area contributed by atoms with Gasteiger partial charge in [-0.25, -0.2) is 9.59 Å². The zero-order valence-electron chi connectivity index (χ0n) is 18.4. The molecule has 0 spiro atoms. The van der Waals surface area contributed by atoms with Crippen LogP contribution in [0.3, 0.4) is 0 Å². The molecule has 174 valence electrons. The van der Waals surface area contributed by atoms with Gasteiger partial charge in [0.15, 0.2) is 5.75 Å². The topological polar surface area (TPSA) is 149 Å². The number of nitro groups is 1. The van der Waals surface area contributed by atoms with Gasteiger partial charge in [0.05, 0.1) is 42.6 Å². The van der Waals surface area contributed by atoms with E-state index < -0.39 is 40.5 Å². The highest BCUT2D eigenvalue weighted by Crippen LogP contribution is 2.41. The van der Waals surface area contributed by atoms with Gasteiger partial charge in [0.2, 0.25) is 5.75 Å². The molecule has 2 amide bonds. The molecule has 2 aromatic rings. The lowest BCUT2D eigenvalue weighted by Gasteiger charge is -2.30. The zero-order valence-corrected chi connectivity index (χ0v) is 18.4. The average molecular weight is 457 g/mol. The van der Waals surface area contributed by atoms with Crippen molar-refractivity contribution in [3.8, 4) is 17.2 Å². The second kappa shape index (κ2) is 9.47. The highest BCUT2D eigenvalue weighted by molar-refractivity contribution is 6.04. The molecule has 11 nitrogen and oxygen atoms in total. The molecule has 1 aliphatic heterocycles. The minimum absolute atomic E-state index is 0.0236. The van der Waals surface area contributed by atoms with E-state index in [0.29, 0.717) is 11.3 Å². The van der Waals surface area contributed by atoms with Crippen LogP contribution in [0.2, 0.25) is 0 Å². The predicted octanol–water partition coefficient (Wildman–Crippen LogP) is 3.03. The van der Waals surface area contributed by atoms with E-state index in [1.807, 2.05) is 0 Å². The van der Waals surface area contributed by atoms with Gasteiger partial charge >= 0.3 is 17.7 Å². The van der Waals surface area contributed by atoms with Crippen molar-refractivity contribution in [2.75, 3.05) is 14.2 Å². The summed E-state index contributed by atoms with van der Waals surface area (Å²) in [5.74, 6) is -1.02. The lowest BCUT2D eigenvalue weighted by molar-refractivity contribution is -0.386. The molecule has 3 N–H and O–H groups in total. The molecule has 1 heterocycles.